The van der Waals surface area contributed by atoms with Crippen molar-refractivity contribution < 1.29 is 10.2 Å². The summed E-state index contributed by atoms with van der Waals surface area (Å²) >= 11 is 0. The Kier molecular flexibility index (Phi) is 4.54. The normalized spacial score (nSPS) is 26.7. The fraction of sp³-hybridized carbons (Fsp3) is 0.571. The second-order valence-electron chi connectivity index (χ2n) is 4.79. The molecule has 3 heteroatoms. The van der Waals surface area contributed by atoms with Gasteiger partial charge in [-0.25, -0.2) is 0 Å². The highest BCUT2D eigenvalue weighted by molar-refractivity contribution is 5.17. The van der Waals surface area contributed by atoms with Crippen molar-refractivity contribution in [2.75, 3.05) is 6.54 Å². The molecule has 3 N–H and O–H groups in total. The lowest BCUT2D eigenvalue weighted by Crippen LogP contribution is -2.43. The van der Waals surface area contributed by atoms with Crippen molar-refractivity contribution >= 4 is 0 Å². The molecule has 1 saturated carbocycles. The molecule has 0 aromatic heterocycles. The summed E-state index contributed by atoms with van der Waals surface area (Å²) < 4.78 is 0. The first-order chi connectivity index (χ1) is 8.27. The van der Waals surface area contributed by atoms with Gasteiger partial charge in [0.25, 0.3) is 0 Å². The maximum atomic E-state index is 9.99. The van der Waals surface area contributed by atoms with Gasteiger partial charge in [-0.3, -0.25) is 0 Å². The van der Waals surface area contributed by atoms with Crippen molar-refractivity contribution in [2.24, 2.45) is 0 Å². The molecular formula is C14H21NO2. The van der Waals surface area contributed by atoms with Crippen molar-refractivity contribution in [1.82, 2.24) is 5.32 Å². The van der Waals surface area contributed by atoms with Crippen LogP contribution in [0.2, 0.25) is 0 Å². The van der Waals surface area contributed by atoms with E-state index in [1.54, 1.807) is 0 Å². The zero-order valence-corrected chi connectivity index (χ0v) is 10.0. The zero-order chi connectivity index (χ0) is 12.1. The lowest BCUT2D eigenvalue weighted by molar-refractivity contribution is 0.0797. The summed E-state index contributed by atoms with van der Waals surface area (Å²) in [7, 11) is 0. The van der Waals surface area contributed by atoms with Crippen LogP contribution in [0.1, 0.15) is 37.4 Å². The lowest BCUT2D eigenvalue weighted by Gasteiger charge is -2.29. The van der Waals surface area contributed by atoms with Gasteiger partial charge in [-0.15, -0.1) is 0 Å². The fourth-order valence-electron chi connectivity index (χ4n) is 2.41. The van der Waals surface area contributed by atoms with Gasteiger partial charge in [-0.1, -0.05) is 43.2 Å². The molecular weight excluding hydrogens is 214 g/mol. The second-order valence-corrected chi connectivity index (χ2v) is 4.79. The predicted octanol–water partition coefficient (Wildman–Crippen LogP) is 1.61. The van der Waals surface area contributed by atoms with Gasteiger partial charge in [0.2, 0.25) is 0 Å². The van der Waals surface area contributed by atoms with Crippen molar-refractivity contribution in [3.8, 4) is 0 Å². The van der Waals surface area contributed by atoms with E-state index in [1.807, 2.05) is 30.3 Å². The van der Waals surface area contributed by atoms with Crippen LogP contribution < -0.4 is 5.32 Å². The van der Waals surface area contributed by atoms with Crippen molar-refractivity contribution in [3.05, 3.63) is 35.9 Å². The number of hydrogen-bond acceptors (Lipinski definition) is 3. The molecule has 1 aromatic rings. The maximum absolute atomic E-state index is 9.99. The third-order valence-electron chi connectivity index (χ3n) is 3.49. The molecule has 0 heterocycles. The maximum Gasteiger partial charge on any atom is 0.0914 e. The first kappa shape index (κ1) is 12.6. The Balaban J connectivity index is 1.81. The SMILES string of the molecule is OC(CN[C@H]1CCCC[C@@H]1O)c1ccccc1. The van der Waals surface area contributed by atoms with E-state index >= 15 is 0 Å². The Labute approximate surface area is 102 Å². The molecule has 3 atom stereocenters. The average molecular weight is 235 g/mol. The molecule has 1 unspecified atom stereocenters. The highest BCUT2D eigenvalue weighted by Crippen LogP contribution is 2.19. The van der Waals surface area contributed by atoms with Crippen LogP contribution in [0.3, 0.4) is 0 Å². The van der Waals surface area contributed by atoms with Crippen LogP contribution in [0.25, 0.3) is 0 Å². The van der Waals surface area contributed by atoms with Gasteiger partial charge in [0.15, 0.2) is 0 Å². The largest absolute Gasteiger partial charge is 0.392 e. The Morgan fingerprint density at radius 2 is 1.88 bits per heavy atom. The molecule has 1 fully saturated rings. The molecule has 0 saturated heterocycles. The number of hydrogen-bond donors (Lipinski definition) is 3. The molecule has 3 nitrogen and oxygen atoms in total. The lowest BCUT2D eigenvalue weighted by atomic mass is 9.92. The minimum absolute atomic E-state index is 0.141. The molecule has 0 radical (unpaired) electrons. The topological polar surface area (TPSA) is 52.5 Å². The highest BCUT2D eigenvalue weighted by atomic mass is 16.3. The van der Waals surface area contributed by atoms with Gasteiger partial charge in [-0.05, 0) is 18.4 Å². The minimum atomic E-state index is -0.495. The molecule has 94 valence electrons. The molecule has 1 aliphatic rings. The first-order valence-corrected chi connectivity index (χ1v) is 6.42. The summed E-state index contributed by atoms with van der Waals surface area (Å²) in [5.41, 5.74) is 0.922. The predicted molar refractivity (Wildman–Crippen MR) is 67.7 cm³/mol. The van der Waals surface area contributed by atoms with E-state index in [-0.39, 0.29) is 12.1 Å². The van der Waals surface area contributed by atoms with Crippen LogP contribution in [-0.2, 0) is 0 Å². The molecule has 1 aliphatic carbocycles. The summed E-state index contributed by atoms with van der Waals surface area (Å²) in [6.07, 6.45) is 3.40. The molecule has 0 bridgehead atoms. The van der Waals surface area contributed by atoms with E-state index in [0.717, 1.165) is 31.2 Å². The van der Waals surface area contributed by atoms with E-state index in [9.17, 15) is 10.2 Å². The van der Waals surface area contributed by atoms with Gasteiger partial charge >= 0.3 is 0 Å². The van der Waals surface area contributed by atoms with Crippen LogP contribution in [0.5, 0.6) is 0 Å². The number of nitrogens with one attached hydrogen (secondary N) is 1. The fourth-order valence-corrected chi connectivity index (χ4v) is 2.41. The molecule has 2 rings (SSSR count). The number of benzene rings is 1. The van der Waals surface area contributed by atoms with E-state index in [4.69, 9.17) is 0 Å². The van der Waals surface area contributed by atoms with Crippen molar-refractivity contribution in [2.45, 2.75) is 43.9 Å². The average Bonchev–Trinajstić information content (AvgIpc) is 2.38. The quantitative estimate of drug-likeness (QED) is 0.743. The summed E-state index contributed by atoms with van der Waals surface area (Å²) in [5.74, 6) is 0. The Bertz CT molecular complexity index is 328. The van der Waals surface area contributed by atoms with E-state index < -0.39 is 6.10 Å². The minimum Gasteiger partial charge on any atom is -0.392 e. The Morgan fingerprint density at radius 3 is 2.59 bits per heavy atom. The molecule has 0 amide bonds. The zero-order valence-electron chi connectivity index (χ0n) is 10.0. The standard InChI is InChI=1S/C14H21NO2/c16-13-9-5-4-8-12(13)15-10-14(17)11-6-2-1-3-7-11/h1-3,6-7,12-17H,4-5,8-10H2/t12-,13-,14?/m0/s1. The van der Waals surface area contributed by atoms with Gasteiger partial charge in [0, 0.05) is 12.6 Å². The molecule has 0 spiro atoms. The summed E-state index contributed by atoms with van der Waals surface area (Å²) in [4.78, 5) is 0. The second kappa shape index (κ2) is 6.15. The van der Waals surface area contributed by atoms with Gasteiger partial charge in [-0.2, -0.15) is 0 Å². The van der Waals surface area contributed by atoms with E-state index in [0.29, 0.717) is 6.54 Å². The number of aliphatic hydroxyl groups excluding tert-OH is 2. The van der Waals surface area contributed by atoms with Crippen LogP contribution >= 0.6 is 0 Å². The van der Waals surface area contributed by atoms with Gasteiger partial charge < -0.3 is 15.5 Å². The number of aliphatic hydroxyl groups is 2. The number of rotatable bonds is 4. The van der Waals surface area contributed by atoms with Crippen LogP contribution in [0.15, 0.2) is 30.3 Å². The highest BCUT2D eigenvalue weighted by Gasteiger charge is 2.23. The Morgan fingerprint density at radius 1 is 1.18 bits per heavy atom. The third kappa shape index (κ3) is 3.53. The van der Waals surface area contributed by atoms with Gasteiger partial charge in [0.1, 0.15) is 0 Å². The first-order valence-electron chi connectivity index (χ1n) is 6.42. The van der Waals surface area contributed by atoms with Crippen LogP contribution in [0.4, 0.5) is 0 Å². The van der Waals surface area contributed by atoms with E-state index in [1.165, 1.54) is 0 Å². The summed E-state index contributed by atoms with van der Waals surface area (Å²) in [5, 5.41) is 23.1. The summed E-state index contributed by atoms with van der Waals surface area (Å²) in [6, 6.07) is 9.77. The Hall–Kier alpha value is -0.900. The van der Waals surface area contributed by atoms with Crippen molar-refractivity contribution in [3.63, 3.8) is 0 Å². The van der Waals surface area contributed by atoms with Gasteiger partial charge in [0.05, 0.1) is 12.2 Å². The smallest absolute Gasteiger partial charge is 0.0914 e. The van der Waals surface area contributed by atoms with Crippen LogP contribution in [-0.4, -0.2) is 28.9 Å². The molecule has 0 aliphatic heterocycles. The third-order valence-corrected chi connectivity index (χ3v) is 3.49. The molecule has 17 heavy (non-hydrogen) atoms. The van der Waals surface area contributed by atoms with Crippen molar-refractivity contribution in [1.29, 1.82) is 0 Å². The van der Waals surface area contributed by atoms with E-state index in [2.05, 4.69) is 5.32 Å². The molecule has 1 aromatic carbocycles. The summed E-state index contributed by atoms with van der Waals surface area (Å²) in [6.45, 7) is 0.506. The van der Waals surface area contributed by atoms with Crippen LogP contribution in [0, 0.1) is 0 Å². The monoisotopic (exact) mass is 235 g/mol.